The summed E-state index contributed by atoms with van der Waals surface area (Å²) in [5.41, 5.74) is 0.920. The van der Waals surface area contributed by atoms with Gasteiger partial charge in [0.05, 0.1) is 14.4 Å². The molecular formula is C9H5BrClNS. The van der Waals surface area contributed by atoms with Crippen LogP contribution in [0, 0.1) is 0 Å². The second kappa shape index (κ2) is 3.78. The Morgan fingerprint density at radius 3 is 2.77 bits per heavy atom. The Morgan fingerprint density at radius 1 is 1.31 bits per heavy atom. The van der Waals surface area contributed by atoms with Gasteiger partial charge in [-0.2, -0.15) is 0 Å². The number of halogens is 2. The maximum Gasteiger partial charge on any atom is 0.0816 e. The van der Waals surface area contributed by atoms with E-state index < -0.39 is 0 Å². The molecule has 1 nitrogen and oxygen atoms in total. The second-order valence-corrected chi connectivity index (χ2v) is 5.36. The zero-order chi connectivity index (χ0) is 9.26. The monoisotopic (exact) mass is 273 g/mol. The van der Waals surface area contributed by atoms with Crippen LogP contribution < -0.4 is 0 Å². The van der Waals surface area contributed by atoms with Gasteiger partial charge < -0.3 is 0 Å². The summed E-state index contributed by atoms with van der Waals surface area (Å²) in [7, 11) is 0. The SMILES string of the molecule is Clc1ccnc(-c2ccc(Br)s2)c1. The Labute approximate surface area is 93.5 Å². The van der Waals surface area contributed by atoms with Gasteiger partial charge in [0.25, 0.3) is 0 Å². The van der Waals surface area contributed by atoms with Gasteiger partial charge in [-0.3, -0.25) is 4.98 Å². The molecule has 0 N–H and O–H groups in total. The highest BCUT2D eigenvalue weighted by atomic mass is 79.9. The maximum absolute atomic E-state index is 5.85. The molecule has 0 aromatic carbocycles. The lowest BCUT2D eigenvalue weighted by Crippen LogP contribution is -1.77. The first kappa shape index (κ1) is 9.19. The number of thiophene rings is 1. The van der Waals surface area contributed by atoms with Gasteiger partial charge >= 0.3 is 0 Å². The van der Waals surface area contributed by atoms with E-state index in [9.17, 15) is 0 Å². The van der Waals surface area contributed by atoms with Crippen LogP contribution in [0.15, 0.2) is 34.2 Å². The zero-order valence-corrected chi connectivity index (χ0v) is 9.66. The zero-order valence-electron chi connectivity index (χ0n) is 6.50. The minimum absolute atomic E-state index is 0.717. The third-order valence-corrected chi connectivity index (χ3v) is 3.43. The van der Waals surface area contributed by atoms with Crippen molar-refractivity contribution < 1.29 is 0 Å². The summed E-state index contributed by atoms with van der Waals surface area (Å²) in [6, 6.07) is 7.66. The van der Waals surface area contributed by atoms with Gasteiger partial charge in [0.2, 0.25) is 0 Å². The van der Waals surface area contributed by atoms with E-state index in [-0.39, 0.29) is 0 Å². The molecule has 4 heteroatoms. The van der Waals surface area contributed by atoms with Crippen molar-refractivity contribution in [2.24, 2.45) is 0 Å². The first-order valence-corrected chi connectivity index (χ1v) is 5.62. The smallest absolute Gasteiger partial charge is 0.0816 e. The third-order valence-electron chi connectivity index (χ3n) is 1.55. The van der Waals surface area contributed by atoms with Gasteiger partial charge in [-0.25, -0.2) is 0 Å². The molecule has 0 fully saturated rings. The molecule has 0 aliphatic rings. The van der Waals surface area contributed by atoms with Crippen LogP contribution in [0.3, 0.4) is 0 Å². The van der Waals surface area contributed by atoms with Crippen molar-refractivity contribution in [3.05, 3.63) is 39.3 Å². The van der Waals surface area contributed by atoms with Crippen LogP contribution in [0.4, 0.5) is 0 Å². The highest BCUT2D eigenvalue weighted by Crippen LogP contribution is 2.30. The summed E-state index contributed by atoms with van der Waals surface area (Å²) in [4.78, 5) is 5.35. The van der Waals surface area contributed by atoms with E-state index in [0.29, 0.717) is 0 Å². The average molecular weight is 275 g/mol. The Bertz CT molecular complexity index is 427. The van der Waals surface area contributed by atoms with Crippen molar-refractivity contribution in [1.29, 1.82) is 0 Å². The molecule has 0 atom stereocenters. The summed E-state index contributed by atoms with van der Waals surface area (Å²) in [5.74, 6) is 0. The summed E-state index contributed by atoms with van der Waals surface area (Å²) in [6.07, 6.45) is 1.71. The molecule has 2 aromatic heterocycles. The predicted octanol–water partition coefficient (Wildman–Crippen LogP) is 4.23. The Balaban J connectivity index is 2.46. The van der Waals surface area contributed by atoms with E-state index in [1.165, 1.54) is 0 Å². The third kappa shape index (κ3) is 2.10. The number of hydrogen-bond donors (Lipinski definition) is 0. The van der Waals surface area contributed by atoms with Crippen LogP contribution in [0.25, 0.3) is 10.6 Å². The molecule has 0 saturated carbocycles. The van der Waals surface area contributed by atoms with Crippen LogP contribution in [0.1, 0.15) is 0 Å². The molecule has 0 aliphatic heterocycles. The van der Waals surface area contributed by atoms with Gasteiger partial charge in [0.1, 0.15) is 0 Å². The molecule has 0 radical (unpaired) electrons. The number of hydrogen-bond acceptors (Lipinski definition) is 2. The minimum Gasteiger partial charge on any atom is -0.255 e. The van der Waals surface area contributed by atoms with E-state index in [1.807, 2.05) is 18.2 Å². The number of aromatic nitrogens is 1. The average Bonchev–Trinajstić information content (AvgIpc) is 2.52. The molecule has 0 bridgehead atoms. The van der Waals surface area contributed by atoms with Gasteiger partial charge in [-0.1, -0.05) is 11.6 Å². The fraction of sp³-hybridized carbons (Fsp3) is 0. The number of rotatable bonds is 1. The highest BCUT2D eigenvalue weighted by Gasteiger charge is 2.02. The predicted molar refractivity (Wildman–Crippen MR) is 60.3 cm³/mol. The summed E-state index contributed by atoms with van der Waals surface area (Å²) in [6.45, 7) is 0. The summed E-state index contributed by atoms with van der Waals surface area (Å²) >= 11 is 10.9. The van der Waals surface area contributed by atoms with E-state index in [2.05, 4.69) is 20.9 Å². The Morgan fingerprint density at radius 2 is 2.15 bits per heavy atom. The second-order valence-electron chi connectivity index (χ2n) is 2.46. The summed E-state index contributed by atoms with van der Waals surface area (Å²) in [5, 5.41) is 0.717. The Kier molecular flexibility index (Phi) is 2.67. The van der Waals surface area contributed by atoms with Gasteiger partial charge in [-0.15, -0.1) is 11.3 Å². The molecule has 2 aromatic rings. The molecule has 0 saturated heterocycles. The van der Waals surface area contributed by atoms with Crippen molar-refractivity contribution in [3.8, 4) is 10.6 Å². The standard InChI is InChI=1S/C9H5BrClNS/c10-9-2-1-8(13-9)7-5-6(11)3-4-12-7/h1-5H. The topological polar surface area (TPSA) is 12.9 Å². The molecular weight excluding hydrogens is 270 g/mol. The molecule has 0 aliphatic carbocycles. The molecule has 2 rings (SSSR count). The lowest BCUT2D eigenvalue weighted by molar-refractivity contribution is 1.34. The van der Waals surface area contributed by atoms with E-state index >= 15 is 0 Å². The van der Waals surface area contributed by atoms with Gasteiger partial charge in [0.15, 0.2) is 0 Å². The normalized spacial score (nSPS) is 10.3. The molecule has 66 valence electrons. The quantitative estimate of drug-likeness (QED) is 0.758. The lowest BCUT2D eigenvalue weighted by atomic mass is 10.3. The molecule has 0 spiro atoms. The van der Waals surface area contributed by atoms with Crippen LogP contribution in [0.5, 0.6) is 0 Å². The summed E-state index contributed by atoms with van der Waals surface area (Å²) < 4.78 is 1.10. The maximum atomic E-state index is 5.85. The van der Waals surface area contributed by atoms with Crippen LogP contribution >= 0.6 is 38.9 Å². The van der Waals surface area contributed by atoms with Crippen LogP contribution in [-0.4, -0.2) is 4.98 Å². The van der Waals surface area contributed by atoms with Crippen molar-refractivity contribution in [2.75, 3.05) is 0 Å². The number of nitrogens with zero attached hydrogens (tertiary/aromatic N) is 1. The molecule has 0 amide bonds. The van der Waals surface area contributed by atoms with Crippen LogP contribution in [0.2, 0.25) is 5.02 Å². The van der Waals surface area contributed by atoms with Crippen molar-refractivity contribution >= 4 is 38.9 Å². The molecule has 2 heterocycles. The molecule has 0 unspecified atom stereocenters. The van der Waals surface area contributed by atoms with E-state index in [1.54, 1.807) is 23.6 Å². The van der Waals surface area contributed by atoms with Crippen molar-refractivity contribution in [2.45, 2.75) is 0 Å². The number of pyridine rings is 1. The van der Waals surface area contributed by atoms with Crippen molar-refractivity contribution in [1.82, 2.24) is 4.98 Å². The van der Waals surface area contributed by atoms with Crippen LogP contribution in [-0.2, 0) is 0 Å². The first-order valence-electron chi connectivity index (χ1n) is 3.63. The fourth-order valence-corrected chi connectivity index (χ4v) is 2.50. The largest absolute Gasteiger partial charge is 0.255 e. The van der Waals surface area contributed by atoms with E-state index in [4.69, 9.17) is 11.6 Å². The minimum atomic E-state index is 0.717. The first-order chi connectivity index (χ1) is 6.25. The van der Waals surface area contributed by atoms with Gasteiger partial charge in [0, 0.05) is 11.2 Å². The van der Waals surface area contributed by atoms with E-state index in [0.717, 1.165) is 19.4 Å². The lowest BCUT2D eigenvalue weighted by Gasteiger charge is -1.95. The van der Waals surface area contributed by atoms with Crippen molar-refractivity contribution in [3.63, 3.8) is 0 Å². The fourth-order valence-electron chi connectivity index (χ4n) is 0.991. The molecule has 13 heavy (non-hydrogen) atoms. The Hall–Kier alpha value is -0.380. The highest BCUT2D eigenvalue weighted by molar-refractivity contribution is 9.11. The van der Waals surface area contributed by atoms with Gasteiger partial charge in [-0.05, 0) is 40.2 Å².